The number of hydrogen-bond acceptors (Lipinski definition) is 2. The average Bonchev–Trinajstić information content (AvgIpc) is 2.00. The summed E-state index contributed by atoms with van der Waals surface area (Å²) < 4.78 is 37.1. The van der Waals surface area contributed by atoms with Gasteiger partial charge >= 0.3 is 6.18 Å². The third-order valence-electron chi connectivity index (χ3n) is 1.55. The van der Waals surface area contributed by atoms with Gasteiger partial charge in [0, 0.05) is 6.07 Å². The van der Waals surface area contributed by atoms with Crippen molar-refractivity contribution in [1.29, 1.82) is 0 Å². The topological polar surface area (TPSA) is 43.1 Å². The molecule has 0 saturated heterocycles. The number of halogens is 5. The second-order valence-corrected chi connectivity index (χ2v) is 3.30. The molecule has 0 heterocycles. The summed E-state index contributed by atoms with van der Waals surface area (Å²) >= 11 is 10.5. The lowest BCUT2D eigenvalue weighted by molar-refractivity contribution is -0.384. The molecular formula is C7H2Cl2F3NO2. The monoisotopic (exact) mass is 259 g/mol. The number of nitro groups is 1. The molecule has 8 heteroatoms. The molecule has 0 radical (unpaired) electrons. The van der Waals surface area contributed by atoms with Gasteiger partial charge in [0.2, 0.25) is 0 Å². The van der Waals surface area contributed by atoms with Crippen molar-refractivity contribution in [2.24, 2.45) is 0 Å². The van der Waals surface area contributed by atoms with E-state index in [0.29, 0.717) is 0 Å². The van der Waals surface area contributed by atoms with E-state index in [1.807, 2.05) is 0 Å². The van der Waals surface area contributed by atoms with Crippen LogP contribution >= 0.6 is 23.2 Å². The minimum atomic E-state index is -4.82. The lowest BCUT2D eigenvalue weighted by Crippen LogP contribution is -2.08. The summed E-state index contributed by atoms with van der Waals surface area (Å²) in [5.74, 6) is 0. The minimum Gasteiger partial charge on any atom is -0.258 e. The normalized spacial score (nSPS) is 11.5. The van der Waals surface area contributed by atoms with Gasteiger partial charge < -0.3 is 0 Å². The number of nitro benzene ring substituents is 1. The third kappa shape index (κ3) is 2.32. The minimum absolute atomic E-state index is 0.668. The van der Waals surface area contributed by atoms with Crippen molar-refractivity contribution in [2.45, 2.75) is 6.18 Å². The molecule has 0 spiro atoms. The average molecular weight is 260 g/mol. The lowest BCUT2D eigenvalue weighted by atomic mass is 10.2. The highest BCUT2D eigenvalue weighted by molar-refractivity contribution is 6.37. The van der Waals surface area contributed by atoms with Crippen LogP contribution in [0.1, 0.15) is 5.56 Å². The second kappa shape index (κ2) is 3.86. The van der Waals surface area contributed by atoms with Crippen LogP contribution in [-0.2, 0) is 6.18 Å². The van der Waals surface area contributed by atoms with Gasteiger partial charge in [-0.3, -0.25) is 10.1 Å². The molecular weight excluding hydrogens is 258 g/mol. The second-order valence-electron chi connectivity index (χ2n) is 2.51. The Hall–Kier alpha value is -1.01. The number of alkyl halides is 3. The van der Waals surface area contributed by atoms with E-state index in [-0.39, 0.29) is 0 Å². The Morgan fingerprint density at radius 2 is 1.80 bits per heavy atom. The van der Waals surface area contributed by atoms with Crippen LogP contribution in [-0.4, -0.2) is 4.92 Å². The maximum absolute atomic E-state index is 12.4. The van der Waals surface area contributed by atoms with Crippen molar-refractivity contribution in [3.05, 3.63) is 37.9 Å². The van der Waals surface area contributed by atoms with Crippen LogP contribution in [0.2, 0.25) is 10.0 Å². The summed E-state index contributed by atoms with van der Waals surface area (Å²) in [5.41, 5.74) is -2.21. The van der Waals surface area contributed by atoms with Gasteiger partial charge in [0.15, 0.2) is 0 Å². The smallest absolute Gasteiger partial charge is 0.258 e. The summed E-state index contributed by atoms with van der Waals surface area (Å²) in [5, 5.41) is 8.65. The highest BCUT2D eigenvalue weighted by Crippen LogP contribution is 2.43. The molecule has 15 heavy (non-hydrogen) atoms. The molecule has 1 aromatic rings. The van der Waals surface area contributed by atoms with E-state index < -0.39 is 32.4 Å². The Labute approximate surface area is 91.6 Å². The Balaban J connectivity index is 3.51. The quantitative estimate of drug-likeness (QED) is 0.567. The Kier molecular flexibility index (Phi) is 3.11. The number of nitrogens with zero attached hydrogens (tertiary/aromatic N) is 1. The first kappa shape index (κ1) is 12.1. The van der Waals surface area contributed by atoms with Gasteiger partial charge in [0.1, 0.15) is 5.02 Å². The molecule has 82 valence electrons. The molecule has 0 aromatic heterocycles. The fraction of sp³-hybridized carbons (Fsp3) is 0.143. The highest BCUT2D eigenvalue weighted by Gasteiger charge is 2.38. The predicted octanol–water partition coefficient (Wildman–Crippen LogP) is 3.92. The van der Waals surface area contributed by atoms with Crippen molar-refractivity contribution in [3.63, 3.8) is 0 Å². The Morgan fingerprint density at radius 3 is 2.20 bits per heavy atom. The molecule has 0 unspecified atom stereocenters. The third-order valence-corrected chi connectivity index (χ3v) is 2.25. The molecule has 1 rings (SSSR count). The summed E-state index contributed by atoms with van der Waals surface area (Å²) in [6.45, 7) is 0. The van der Waals surface area contributed by atoms with Crippen LogP contribution < -0.4 is 0 Å². The summed E-state index contributed by atoms with van der Waals surface area (Å²) in [7, 11) is 0. The van der Waals surface area contributed by atoms with Crippen molar-refractivity contribution in [2.75, 3.05) is 0 Å². The van der Waals surface area contributed by atoms with Crippen LogP contribution in [0.15, 0.2) is 12.1 Å². The van der Waals surface area contributed by atoms with E-state index in [1.165, 1.54) is 0 Å². The zero-order chi connectivity index (χ0) is 11.8. The predicted molar refractivity (Wildman–Crippen MR) is 48.1 cm³/mol. The molecule has 0 aliphatic heterocycles. The van der Waals surface area contributed by atoms with Crippen molar-refractivity contribution >= 4 is 28.9 Å². The molecule has 3 nitrogen and oxygen atoms in total. The van der Waals surface area contributed by atoms with E-state index >= 15 is 0 Å². The first-order valence-corrected chi connectivity index (χ1v) is 4.20. The van der Waals surface area contributed by atoms with Gasteiger partial charge in [-0.2, -0.15) is 13.2 Å². The van der Waals surface area contributed by atoms with E-state index in [2.05, 4.69) is 0 Å². The van der Waals surface area contributed by atoms with Gasteiger partial charge in [-0.1, -0.05) is 23.2 Å². The summed E-state index contributed by atoms with van der Waals surface area (Å²) in [6.07, 6.45) is -4.82. The molecule has 0 atom stereocenters. The van der Waals surface area contributed by atoms with Gasteiger partial charge in [-0.05, 0) is 6.07 Å². The molecule has 0 aliphatic carbocycles. The van der Waals surface area contributed by atoms with Gasteiger partial charge in [-0.15, -0.1) is 0 Å². The van der Waals surface area contributed by atoms with Gasteiger partial charge in [-0.25, -0.2) is 0 Å². The zero-order valence-electron chi connectivity index (χ0n) is 6.81. The Bertz CT molecular complexity index is 419. The first-order valence-electron chi connectivity index (χ1n) is 3.44. The first-order chi connectivity index (χ1) is 6.75. The Morgan fingerprint density at radius 1 is 1.27 bits per heavy atom. The maximum atomic E-state index is 12.4. The molecule has 0 N–H and O–H groups in total. The number of hydrogen-bond donors (Lipinski definition) is 0. The fourth-order valence-electron chi connectivity index (χ4n) is 0.942. The molecule has 0 bridgehead atoms. The number of benzene rings is 1. The standard InChI is InChI=1S/C7H2Cl2F3NO2/c8-3-1-2-4(13(14)15)6(9)5(3)7(10,11)12/h1-2H. The van der Waals surface area contributed by atoms with Crippen LogP contribution in [0, 0.1) is 10.1 Å². The molecule has 0 amide bonds. The maximum Gasteiger partial charge on any atom is 0.419 e. The van der Waals surface area contributed by atoms with Crippen molar-refractivity contribution in [1.82, 2.24) is 0 Å². The van der Waals surface area contributed by atoms with Crippen molar-refractivity contribution in [3.8, 4) is 0 Å². The van der Waals surface area contributed by atoms with Crippen LogP contribution in [0.5, 0.6) is 0 Å². The fourth-order valence-corrected chi connectivity index (χ4v) is 1.60. The molecule has 0 saturated carbocycles. The van der Waals surface area contributed by atoms with Gasteiger partial charge in [0.25, 0.3) is 5.69 Å². The molecule has 0 aliphatic rings. The zero-order valence-corrected chi connectivity index (χ0v) is 8.32. The van der Waals surface area contributed by atoms with E-state index in [1.54, 1.807) is 0 Å². The van der Waals surface area contributed by atoms with Crippen LogP contribution in [0.25, 0.3) is 0 Å². The van der Waals surface area contributed by atoms with Crippen molar-refractivity contribution < 1.29 is 18.1 Å². The molecule has 0 fully saturated rings. The largest absolute Gasteiger partial charge is 0.419 e. The lowest BCUT2D eigenvalue weighted by Gasteiger charge is -2.10. The van der Waals surface area contributed by atoms with Gasteiger partial charge in [0.05, 0.1) is 15.5 Å². The molecule has 1 aromatic carbocycles. The summed E-state index contributed by atoms with van der Waals surface area (Å²) in [4.78, 5) is 9.32. The summed E-state index contributed by atoms with van der Waals surface area (Å²) in [6, 6.07) is 1.61. The van der Waals surface area contributed by atoms with E-state index in [4.69, 9.17) is 23.2 Å². The van der Waals surface area contributed by atoms with Crippen LogP contribution in [0.3, 0.4) is 0 Å². The SMILES string of the molecule is O=[N+]([O-])c1ccc(Cl)c(C(F)(F)F)c1Cl. The van der Waals surface area contributed by atoms with E-state index in [9.17, 15) is 23.3 Å². The number of rotatable bonds is 1. The van der Waals surface area contributed by atoms with E-state index in [0.717, 1.165) is 12.1 Å². The highest BCUT2D eigenvalue weighted by atomic mass is 35.5. The van der Waals surface area contributed by atoms with Crippen LogP contribution in [0.4, 0.5) is 18.9 Å².